The van der Waals surface area contributed by atoms with E-state index in [0.29, 0.717) is 24.4 Å². The minimum atomic E-state index is -0.915. The van der Waals surface area contributed by atoms with Gasteiger partial charge < -0.3 is 14.7 Å². The van der Waals surface area contributed by atoms with Crippen molar-refractivity contribution in [2.24, 2.45) is 0 Å². The number of carboxylic acids is 1. The highest BCUT2D eigenvalue weighted by atomic mass is 16.5. The van der Waals surface area contributed by atoms with E-state index < -0.39 is 5.97 Å². The average Bonchev–Trinajstić information content (AvgIpc) is 3.25. The maximum Gasteiger partial charge on any atom is 0.305 e. The van der Waals surface area contributed by atoms with Crippen molar-refractivity contribution >= 4 is 11.9 Å². The fourth-order valence-corrected chi connectivity index (χ4v) is 5.28. The number of benzene rings is 3. The molecule has 5 heteroatoms. The molecule has 4 rings (SSSR count). The summed E-state index contributed by atoms with van der Waals surface area (Å²) in [5.74, 6) is 0.236. The van der Waals surface area contributed by atoms with Crippen LogP contribution in [-0.2, 0) is 30.6 Å². The molecule has 0 bridgehead atoms. The molecule has 0 unspecified atom stereocenters. The molecule has 0 aromatic heterocycles. The smallest absolute Gasteiger partial charge is 0.305 e. The first-order chi connectivity index (χ1) is 18.7. The Hall–Kier alpha value is -3.60. The highest BCUT2D eigenvalue weighted by molar-refractivity contribution is 5.95. The van der Waals surface area contributed by atoms with Gasteiger partial charge in [0.15, 0.2) is 0 Å². The lowest BCUT2D eigenvalue weighted by Gasteiger charge is -2.24. The summed E-state index contributed by atoms with van der Waals surface area (Å²) in [6, 6.07) is 22.6. The fraction of sp³-hybridized carbons (Fsp3) is 0.412. The van der Waals surface area contributed by atoms with Gasteiger partial charge in [-0.25, -0.2) is 0 Å². The molecule has 0 fully saturated rings. The zero-order valence-electron chi connectivity index (χ0n) is 23.7. The first-order valence-electron chi connectivity index (χ1n) is 14.2. The first kappa shape index (κ1) is 28.4. The van der Waals surface area contributed by atoms with E-state index in [-0.39, 0.29) is 24.5 Å². The van der Waals surface area contributed by atoms with Crippen molar-refractivity contribution in [1.82, 2.24) is 4.90 Å². The summed E-state index contributed by atoms with van der Waals surface area (Å²) >= 11 is 0. The zero-order valence-corrected chi connectivity index (χ0v) is 23.7. The Kier molecular flexibility index (Phi) is 9.11. The third-order valence-electron chi connectivity index (χ3n) is 7.55. The molecule has 0 spiro atoms. The van der Waals surface area contributed by atoms with Gasteiger partial charge in [0.25, 0.3) is 5.91 Å². The molecule has 1 N–H and O–H groups in total. The molecule has 1 aliphatic heterocycles. The molecule has 1 heterocycles. The molecule has 5 nitrogen and oxygen atoms in total. The third-order valence-corrected chi connectivity index (χ3v) is 7.55. The van der Waals surface area contributed by atoms with E-state index in [1.807, 2.05) is 24.3 Å². The molecule has 3 aromatic rings. The van der Waals surface area contributed by atoms with Crippen LogP contribution in [0.3, 0.4) is 0 Å². The summed E-state index contributed by atoms with van der Waals surface area (Å²) in [4.78, 5) is 26.6. The number of hydrogen-bond acceptors (Lipinski definition) is 3. The van der Waals surface area contributed by atoms with Gasteiger partial charge in [-0.05, 0) is 71.7 Å². The largest absolute Gasteiger partial charge is 0.487 e. The van der Waals surface area contributed by atoms with Gasteiger partial charge in [-0.2, -0.15) is 0 Å². The van der Waals surface area contributed by atoms with Crippen LogP contribution >= 0.6 is 0 Å². The van der Waals surface area contributed by atoms with Gasteiger partial charge in [0.2, 0.25) is 0 Å². The quantitative estimate of drug-likeness (QED) is 0.270. The molecular weight excluding hydrogens is 486 g/mol. The summed E-state index contributed by atoms with van der Waals surface area (Å²) in [7, 11) is 0. The van der Waals surface area contributed by atoms with E-state index in [9.17, 15) is 14.7 Å². The molecule has 206 valence electrons. The number of nitrogens with zero attached hydrogens (tertiary/aromatic N) is 1. The van der Waals surface area contributed by atoms with E-state index in [4.69, 9.17) is 4.74 Å². The monoisotopic (exact) mass is 527 g/mol. The number of amides is 1. The van der Waals surface area contributed by atoms with Gasteiger partial charge in [-0.15, -0.1) is 0 Å². The van der Waals surface area contributed by atoms with E-state index in [2.05, 4.69) is 64.1 Å². The van der Waals surface area contributed by atoms with Gasteiger partial charge in [0, 0.05) is 31.5 Å². The highest BCUT2D eigenvalue weighted by Crippen LogP contribution is 2.38. The minimum absolute atomic E-state index is 0.0952. The number of unbranched alkanes of at least 4 members (excludes halogenated alkanes) is 1. The van der Waals surface area contributed by atoms with E-state index in [0.717, 1.165) is 42.6 Å². The maximum atomic E-state index is 13.6. The van der Waals surface area contributed by atoms with E-state index >= 15 is 0 Å². The number of ether oxygens (including phenoxy) is 1. The molecule has 39 heavy (non-hydrogen) atoms. The van der Waals surface area contributed by atoms with Crippen LogP contribution in [-0.4, -0.2) is 34.0 Å². The molecule has 0 saturated carbocycles. The Bertz CT molecular complexity index is 1280. The first-order valence-corrected chi connectivity index (χ1v) is 14.2. The van der Waals surface area contributed by atoms with Crippen molar-refractivity contribution in [3.8, 4) is 5.75 Å². The number of rotatable bonds is 12. The number of hydrogen-bond donors (Lipinski definition) is 1. The summed E-state index contributed by atoms with van der Waals surface area (Å²) in [5.41, 5.74) is 6.02. The summed E-state index contributed by atoms with van der Waals surface area (Å²) < 4.78 is 6.38. The summed E-state index contributed by atoms with van der Waals surface area (Å²) in [6.45, 7) is 9.21. The number of fused-ring (bicyclic) bond motifs is 1. The third kappa shape index (κ3) is 7.50. The summed E-state index contributed by atoms with van der Waals surface area (Å²) in [5, 5.41) is 9.29. The van der Waals surface area contributed by atoms with Crippen LogP contribution in [0.25, 0.3) is 0 Å². The Morgan fingerprint density at radius 3 is 2.28 bits per heavy atom. The standard InChI is InChI=1S/C34H41NO4/c1-5-6-7-25-8-10-27(11-9-25)23-35(19-18-32(36)37)33(38)29-16-17-31-30(20-29)22-34(4,39-31)21-26-12-14-28(15-13-26)24(2)3/h8-17,20,24H,5-7,18-19,21-23H2,1-4H3,(H,36,37)/t34-/m0/s1. The van der Waals surface area contributed by atoms with Gasteiger partial charge in [-0.3, -0.25) is 9.59 Å². The van der Waals surface area contributed by atoms with Crippen LogP contribution in [0.5, 0.6) is 5.75 Å². The van der Waals surface area contributed by atoms with E-state index in [1.165, 1.54) is 16.7 Å². The van der Waals surface area contributed by atoms with Crippen LogP contribution in [0.15, 0.2) is 66.7 Å². The van der Waals surface area contributed by atoms with Crippen LogP contribution in [0.2, 0.25) is 0 Å². The van der Waals surface area contributed by atoms with Crippen LogP contribution < -0.4 is 4.74 Å². The Morgan fingerprint density at radius 2 is 1.64 bits per heavy atom. The van der Waals surface area contributed by atoms with Crippen molar-refractivity contribution in [2.45, 2.75) is 84.3 Å². The second kappa shape index (κ2) is 12.5. The highest BCUT2D eigenvalue weighted by Gasteiger charge is 2.35. The van der Waals surface area contributed by atoms with Crippen molar-refractivity contribution in [1.29, 1.82) is 0 Å². The Labute approximate surface area is 232 Å². The Balaban J connectivity index is 1.47. The number of carbonyl (C=O) groups excluding carboxylic acids is 1. The predicted molar refractivity (Wildman–Crippen MR) is 155 cm³/mol. The number of aliphatic carboxylic acids is 1. The van der Waals surface area contributed by atoms with Gasteiger partial charge >= 0.3 is 5.97 Å². The lowest BCUT2D eigenvalue weighted by Crippen LogP contribution is -2.33. The second-order valence-electron chi connectivity index (χ2n) is 11.4. The SMILES string of the molecule is CCCCc1ccc(CN(CCC(=O)O)C(=O)c2ccc3c(c2)C[C@](C)(Cc2ccc(C(C)C)cc2)O3)cc1. The lowest BCUT2D eigenvalue weighted by atomic mass is 9.90. The van der Waals surface area contributed by atoms with Crippen LogP contribution in [0.1, 0.15) is 91.1 Å². The van der Waals surface area contributed by atoms with Crippen molar-refractivity contribution in [3.05, 3.63) is 100 Å². The maximum absolute atomic E-state index is 13.6. The number of aryl methyl sites for hydroxylation is 1. The van der Waals surface area contributed by atoms with Gasteiger partial charge in [0.05, 0.1) is 6.42 Å². The topological polar surface area (TPSA) is 66.8 Å². The molecule has 1 amide bonds. The molecule has 0 saturated heterocycles. The van der Waals surface area contributed by atoms with Gasteiger partial charge in [0.1, 0.15) is 11.4 Å². The predicted octanol–water partition coefficient (Wildman–Crippen LogP) is 7.21. The molecular formula is C34H41NO4. The van der Waals surface area contributed by atoms with E-state index in [1.54, 1.807) is 11.0 Å². The van der Waals surface area contributed by atoms with Gasteiger partial charge in [-0.1, -0.05) is 75.7 Å². The van der Waals surface area contributed by atoms with Crippen LogP contribution in [0.4, 0.5) is 0 Å². The average molecular weight is 528 g/mol. The summed E-state index contributed by atoms with van der Waals surface area (Å²) in [6.07, 6.45) is 4.73. The molecule has 1 atom stereocenters. The van der Waals surface area contributed by atoms with Crippen molar-refractivity contribution in [2.75, 3.05) is 6.54 Å². The zero-order chi connectivity index (χ0) is 28.0. The lowest BCUT2D eigenvalue weighted by molar-refractivity contribution is -0.137. The molecule has 0 radical (unpaired) electrons. The second-order valence-corrected chi connectivity index (χ2v) is 11.4. The number of carbonyl (C=O) groups is 2. The molecule has 1 aliphatic rings. The van der Waals surface area contributed by atoms with Crippen molar-refractivity contribution in [3.63, 3.8) is 0 Å². The normalized spacial score (nSPS) is 16.1. The number of carboxylic acid groups (broad SMARTS) is 1. The minimum Gasteiger partial charge on any atom is -0.487 e. The Morgan fingerprint density at radius 1 is 0.974 bits per heavy atom. The van der Waals surface area contributed by atoms with Crippen LogP contribution in [0, 0.1) is 0 Å². The molecule has 0 aliphatic carbocycles. The molecule has 3 aromatic carbocycles. The fourth-order valence-electron chi connectivity index (χ4n) is 5.28. The van der Waals surface area contributed by atoms with Crippen molar-refractivity contribution < 1.29 is 19.4 Å².